The number of likely N-dealkylation sites (N-methyl/N-ethyl adjacent to an activating group) is 1. The van der Waals surface area contributed by atoms with E-state index in [1.807, 2.05) is 18.2 Å². The fraction of sp³-hybridized carbons (Fsp3) is 0.318. The number of nitrogens with one attached hydrogen (secondary N) is 3. The molecule has 1 aliphatic heterocycles. The van der Waals surface area contributed by atoms with E-state index in [2.05, 4.69) is 30.8 Å². The average molecular weight is 443 g/mol. The van der Waals surface area contributed by atoms with Crippen molar-refractivity contribution in [1.82, 2.24) is 20.2 Å². The van der Waals surface area contributed by atoms with Crippen LogP contribution in [0.2, 0.25) is 5.02 Å². The Labute approximate surface area is 185 Å². The van der Waals surface area contributed by atoms with Crippen molar-refractivity contribution in [2.75, 3.05) is 37.3 Å². The van der Waals surface area contributed by atoms with Crippen LogP contribution in [-0.2, 0) is 4.79 Å². The molecule has 0 radical (unpaired) electrons. The summed E-state index contributed by atoms with van der Waals surface area (Å²) < 4.78 is 14.3. The zero-order valence-electron chi connectivity index (χ0n) is 17.2. The van der Waals surface area contributed by atoms with Crippen molar-refractivity contribution < 1.29 is 9.18 Å². The number of hydrogen-bond donors (Lipinski definition) is 3. The van der Waals surface area contributed by atoms with Crippen LogP contribution in [0, 0.1) is 5.82 Å². The Hall–Kier alpha value is -2.97. The fourth-order valence-corrected chi connectivity index (χ4v) is 3.90. The standard InChI is InChI=1S/C22H24ClFN6O/c1-25-20(31)12-30-9-7-14(8-10-30)28-15-5-6-18-16(11-15)22(27-13-26-18)29-19-4-2-3-17(23)21(19)24/h2-6,11,13-14,28H,7-10,12H2,1H3,(H,25,31)(H,26,27,29). The van der Waals surface area contributed by atoms with Gasteiger partial charge in [0.1, 0.15) is 12.1 Å². The molecule has 4 rings (SSSR count). The van der Waals surface area contributed by atoms with Gasteiger partial charge in [-0.1, -0.05) is 17.7 Å². The molecule has 0 atom stereocenters. The van der Waals surface area contributed by atoms with Crippen LogP contribution in [0.3, 0.4) is 0 Å². The summed E-state index contributed by atoms with van der Waals surface area (Å²) in [5.74, 6) is 0.0287. The molecule has 162 valence electrons. The Morgan fingerprint density at radius 1 is 1.23 bits per heavy atom. The van der Waals surface area contributed by atoms with Crippen LogP contribution in [0.25, 0.3) is 10.9 Å². The summed E-state index contributed by atoms with van der Waals surface area (Å²) in [7, 11) is 1.66. The Morgan fingerprint density at radius 3 is 2.81 bits per heavy atom. The number of halogens is 2. The summed E-state index contributed by atoms with van der Waals surface area (Å²) in [6.45, 7) is 2.16. The smallest absolute Gasteiger partial charge is 0.233 e. The van der Waals surface area contributed by atoms with Gasteiger partial charge in [-0.2, -0.15) is 0 Å². The van der Waals surface area contributed by atoms with Gasteiger partial charge in [0.15, 0.2) is 5.82 Å². The molecule has 1 aromatic heterocycles. The van der Waals surface area contributed by atoms with Gasteiger partial charge in [-0.15, -0.1) is 0 Å². The first-order valence-corrected chi connectivity index (χ1v) is 10.6. The van der Waals surface area contributed by atoms with E-state index in [1.54, 1.807) is 19.2 Å². The molecule has 0 aliphatic carbocycles. The van der Waals surface area contributed by atoms with Crippen LogP contribution < -0.4 is 16.0 Å². The van der Waals surface area contributed by atoms with E-state index >= 15 is 0 Å². The molecule has 3 aromatic rings. The third kappa shape index (κ3) is 5.03. The van der Waals surface area contributed by atoms with Gasteiger partial charge in [0.2, 0.25) is 5.91 Å². The molecule has 1 fully saturated rings. The second-order valence-corrected chi connectivity index (χ2v) is 7.96. The van der Waals surface area contributed by atoms with Crippen molar-refractivity contribution >= 4 is 45.6 Å². The molecule has 0 unspecified atom stereocenters. The van der Waals surface area contributed by atoms with E-state index < -0.39 is 5.82 Å². The van der Waals surface area contributed by atoms with Crippen molar-refractivity contribution in [3.8, 4) is 0 Å². The lowest BCUT2D eigenvalue weighted by Gasteiger charge is -2.32. The summed E-state index contributed by atoms with van der Waals surface area (Å²) in [6.07, 6.45) is 3.33. The monoisotopic (exact) mass is 442 g/mol. The number of likely N-dealkylation sites (tertiary alicyclic amines) is 1. The van der Waals surface area contributed by atoms with E-state index in [0.717, 1.165) is 42.5 Å². The molecule has 1 amide bonds. The number of carbonyl (C=O) groups excluding carboxylic acids is 1. The van der Waals surface area contributed by atoms with Gasteiger partial charge in [-0.3, -0.25) is 9.69 Å². The Bertz CT molecular complexity index is 1090. The van der Waals surface area contributed by atoms with E-state index in [4.69, 9.17) is 11.6 Å². The first-order chi connectivity index (χ1) is 15.0. The maximum absolute atomic E-state index is 14.3. The second kappa shape index (κ2) is 9.45. The van der Waals surface area contributed by atoms with Gasteiger partial charge in [0, 0.05) is 37.3 Å². The van der Waals surface area contributed by atoms with Gasteiger partial charge >= 0.3 is 0 Å². The first-order valence-electron chi connectivity index (χ1n) is 10.2. The Kier molecular flexibility index (Phi) is 6.48. The number of anilines is 3. The van der Waals surface area contributed by atoms with Gasteiger partial charge < -0.3 is 16.0 Å². The van der Waals surface area contributed by atoms with Crippen molar-refractivity contribution in [3.63, 3.8) is 0 Å². The molecule has 0 spiro atoms. The van der Waals surface area contributed by atoms with Crippen molar-refractivity contribution in [2.24, 2.45) is 0 Å². The molecule has 2 heterocycles. The molecular weight excluding hydrogens is 419 g/mol. The third-order valence-electron chi connectivity index (χ3n) is 5.44. The molecule has 9 heteroatoms. The highest BCUT2D eigenvalue weighted by Gasteiger charge is 2.20. The predicted molar refractivity (Wildman–Crippen MR) is 121 cm³/mol. The number of piperidine rings is 1. The van der Waals surface area contributed by atoms with Gasteiger partial charge in [0.05, 0.1) is 22.8 Å². The highest BCUT2D eigenvalue weighted by atomic mass is 35.5. The SMILES string of the molecule is CNC(=O)CN1CCC(Nc2ccc3ncnc(Nc4cccc(Cl)c4F)c3c2)CC1. The van der Waals surface area contributed by atoms with Gasteiger partial charge in [-0.05, 0) is 43.2 Å². The number of nitrogens with zero attached hydrogens (tertiary/aromatic N) is 3. The maximum Gasteiger partial charge on any atom is 0.233 e. The van der Waals surface area contributed by atoms with Gasteiger partial charge in [-0.25, -0.2) is 14.4 Å². The lowest BCUT2D eigenvalue weighted by molar-refractivity contribution is -0.122. The summed E-state index contributed by atoms with van der Waals surface area (Å²) >= 11 is 5.89. The molecule has 0 saturated carbocycles. The molecular formula is C22H24ClFN6O. The summed E-state index contributed by atoms with van der Waals surface area (Å²) in [5.41, 5.74) is 1.96. The quantitative estimate of drug-likeness (QED) is 0.539. The first kappa shape index (κ1) is 21.3. The highest BCUT2D eigenvalue weighted by molar-refractivity contribution is 6.31. The summed E-state index contributed by atoms with van der Waals surface area (Å²) in [4.78, 5) is 22.3. The van der Waals surface area contributed by atoms with E-state index in [1.165, 1.54) is 12.4 Å². The number of benzene rings is 2. The van der Waals surface area contributed by atoms with Crippen LogP contribution >= 0.6 is 11.6 Å². The topological polar surface area (TPSA) is 82.2 Å². The van der Waals surface area contributed by atoms with Crippen LogP contribution in [0.5, 0.6) is 0 Å². The number of hydrogen-bond acceptors (Lipinski definition) is 6. The summed E-state index contributed by atoms with van der Waals surface area (Å²) in [5, 5.41) is 10.1. The molecule has 1 aliphatic rings. The number of carbonyl (C=O) groups is 1. The zero-order chi connectivity index (χ0) is 21.8. The number of rotatable bonds is 6. The van der Waals surface area contributed by atoms with Crippen LogP contribution in [0.4, 0.5) is 21.6 Å². The van der Waals surface area contributed by atoms with Crippen LogP contribution in [-0.4, -0.2) is 53.5 Å². The Morgan fingerprint density at radius 2 is 2.03 bits per heavy atom. The molecule has 31 heavy (non-hydrogen) atoms. The van der Waals surface area contributed by atoms with Gasteiger partial charge in [0.25, 0.3) is 0 Å². The van der Waals surface area contributed by atoms with Crippen molar-refractivity contribution in [2.45, 2.75) is 18.9 Å². The minimum atomic E-state index is -0.520. The number of aromatic nitrogens is 2. The second-order valence-electron chi connectivity index (χ2n) is 7.55. The van der Waals surface area contributed by atoms with Crippen LogP contribution in [0.1, 0.15) is 12.8 Å². The maximum atomic E-state index is 14.3. The highest BCUT2D eigenvalue weighted by Crippen LogP contribution is 2.29. The number of amides is 1. The molecule has 2 aromatic carbocycles. The van der Waals surface area contributed by atoms with Crippen molar-refractivity contribution in [1.29, 1.82) is 0 Å². The minimum Gasteiger partial charge on any atom is -0.382 e. The third-order valence-corrected chi connectivity index (χ3v) is 5.74. The average Bonchev–Trinajstić information content (AvgIpc) is 2.78. The van der Waals surface area contributed by atoms with Crippen LogP contribution in [0.15, 0.2) is 42.7 Å². The zero-order valence-corrected chi connectivity index (χ0v) is 17.9. The Balaban J connectivity index is 1.48. The summed E-state index contributed by atoms with van der Waals surface area (Å²) in [6, 6.07) is 11.0. The minimum absolute atomic E-state index is 0.0390. The molecule has 3 N–H and O–H groups in total. The largest absolute Gasteiger partial charge is 0.382 e. The predicted octanol–water partition coefficient (Wildman–Crippen LogP) is 3.79. The molecule has 1 saturated heterocycles. The van der Waals surface area contributed by atoms with Crippen molar-refractivity contribution in [3.05, 3.63) is 53.6 Å². The van der Waals surface area contributed by atoms with E-state index in [0.29, 0.717) is 18.4 Å². The van der Waals surface area contributed by atoms with E-state index in [9.17, 15) is 9.18 Å². The molecule has 0 bridgehead atoms. The lowest BCUT2D eigenvalue weighted by atomic mass is 10.0. The molecule has 7 nitrogen and oxygen atoms in total. The fourth-order valence-electron chi connectivity index (χ4n) is 3.73. The normalized spacial score (nSPS) is 15.1. The van der Waals surface area contributed by atoms with E-state index in [-0.39, 0.29) is 16.6 Å². The lowest BCUT2D eigenvalue weighted by Crippen LogP contribution is -2.43. The number of fused-ring (bicyclic) bond motifs is 1.